The minimum Gasteiger partial charge on any atom is -0.449 e. The normalized spacial score (nSPS) is 18.8. The van der Waals surface area contributed by atoms with Gasteiger partial charge in [0.25, 0.3) is 0 Å². The van der Waals surface area contributed by atoms with Crippen molar-refractivity contribution >= 4 is 56.2 Å². The lowest BCUT2D eigenvalue weighted by molar-refractivity contribution is -0.0772. The molecule has 1 aliphatic heterocycles. The van der Waals surface area contributed by atoms with Crippen molar-refractivity contribution < 1.29 is 28.3 Å². The van der Waals surface area contributed by atoms with E-state index in [-0.39, 0.29) is 35.4 Å². The number of aromatic nitrogens is 1. The van der Waals surface area contributed by atoms with Gasteiger partial charge in [-0.25, -0.2) is 14.8 Å². The summed E-state index contributed by atoms with van der Waals surface area (Å²) in [6.45, 7) is 4.42. The number of fused-ring (bicyclic) bond motifs is 1. The second kappa shape index (κ2) is 10.2. The predicted octanol–water partition coefficient (Wildman–Crippen LogP) is 4.80. The third-order valence-electron chi connectivity index (χ3n) is 5.19. The van der Waals surface area contributed by atoms with Crippen molar-refractivity contribution in [2.45, 2.75) is 45.3 Å². The van der Waals surface area contributed by atoms with Gasteiger partial charge in [-0.15, -0.1) is 0 Å². The van der Waals surface area contributed by atoms with Crippen LogP contribution in [0.1, 0.15) is 43.7 Å². The summed E-state index contributed by atoms with van der Waals surface area (Å²) < 4.78 is 17.4. The molecule has 1 fully saturated rings. The van der Waals surface area contributed by atoms with Crippen LogP contribution in [0, 0.1) is 0 Å². The summed E-state index contributed by atoms with van der Waals surface area (Å²) in [4.78, 5) is 36.9. The van der Waals surface area contributed by atoms with Crippen LogP contribution < -0.4 is 4.90 Å². The summed E-state index contributed by atoms with van der Waals surface area (Å²) >= 11 is 9.53. The number of ether oxygens (including phenoxy) is 2. The number of carbonyl (C=O) groups is 2. The number of rotatable bonds is 6. The third kappa shape index (κ3) is 4.82. The number of hydroxylamine groups is 2. The second-order valence-electron chi connectivity index (χ2n) is 7.03. The number of hydrogen-bond donors (Lipinski definition) is 0. The zero-order valence-electron chi connectivity index (χ0n) is 17.8. The van der Waals surface area contributed by atoms with Crippen LogP contribution in [0.5, 0.6) is 0 Å². The summed E-state index contributed by atoms with van der Waals surface area (Å²) in [5.41, 5.74) is 0.565. The smallest absolute Gasteiger partial charge is 0.414 e. The summed E-state index contributed by atoms with van der Waals surface area (Å²) in [6.07, 6.45) is 1.39. The lowest BCUT2D eigenvalue weighted by Crippen LogP contribution is -2.46. The first kappa shape index (κ1) is 23.8. The Labute approximate surface area is 193 Å². The van der Waals surface area contributed by atoms with Gasteiger partial charge in [0.15, 0.2) is 10.2 Å². The van der Waals surface area contributed by atoms with Crippen LogP contribution in [-0.2, 0) is 14.3 Å². The van der Waals surface area contributed by atoms with Crippen molar-refractivity contribution in [3.05, 3.63) is 21.6 Å². The zero-order chi connectivity index (χ0) is 22.7. The van der Waals surface area contributed by atoms with Crippen molar-refractivity contribution in [3.8, 4) is 0 Å². The maximum absolute atomic E-state index is 13.2. The molecule has 11 heteroatoms. The topological polar surface area (TPSA) is 94.3 Å². The van der Waals surface area contributed by atoms with E-state index in [1.54, 1.807) is 13.0 Å². The zero-order valence-corrected chi connectivity index (χ0v) is 20.2. The minimum absolute atomic E-state index is 0.00775. The number of furan rings is 1. The first-order chi connectivity index (χ1) is 14.8. The van der Waals surface area contributed by atoms with Gasteiger partial charge in [-0.3, -0.25) is 14.5 Å². The highest BCUT2D eigenvalue weighted by Gasteiger charge is 2.38. The number of carbonyl (C=O) groups excluding carboxylic acids is 2. The number of anilines is 1. The van der Waals surface area contributed by atoms with Gasteiger partial charge in [0.1, 0.15) is 10.8 Å². The second-order valence-corrected chi connectivity index (χ2v) is 8.16. The summed E-state index contributed by atoms with van der Waals surface area (Å²) in [6, 6.07) is 1.30. The monoisotopic (exact) mass is 517 g/mol. The van der Waals surface area contributed by atoms with E-state index in [1.165, 1.54) is 19.1 Å². The predicted molar refractivity (Wildman–Crippen MR) is 118 cm³/mol. The van der Waals surface area contributed by atoms with Crippen LogP contribution in [0.4, 0.5) is 10.5 Å². The number of hydrogen-bond acceptors (Lipinski definition) is 7. The first-order valence-corrected chi connectivity index (χ1v) is 11.2. The lowest BCUT2D eigenvalue weighted by Gasteiger charge is -2.36. The average molecular weight is 519 g/mol. The number of halogens is 2. The molecule has 31 heavy (non-hydrogen) atoms. The number of amides is 2. The fourth-order valence-electron chi connectivity index (χ4n) is 3.62. The van der Waals surface area contributed by atoms with Crippen LogP contribution >= 0.6 is 27.5 Å². The number of nitrogens with zero attached hydrogens (tertiary/aromatic N) is 3. The molecule has 3 heterocycles. The molecule has 2 aromatic rings. The van der Waals surface area contributed by atoms with Gasteiger partial charge < -0.3 is 13.9 Å². The maximum Gasteiger partial charge on any atom is 0.414 e. The highest BCUT2D eigenvalue weighted by atomic mass is 79.9. The first-order valence-electron chi connectivity index (χ1n) is 10.0. The van der Waals surface area contributed by atoms with Gasteiger partial charge in [-0.2, -0.15) is 0 Å². The van der Waals surface area contributed by atoms with Crippen LogP contribution in [0.3, 0.4) is 0 Å². The SMILES string of the molecule is CCOC(=O)N(c1c(C(=O)N(C)OC)oc2c(Br)nc(Cl)cc12)C1CCOC(CC)C1. The van der Waals surface area contributed by atoms with E-state index in [2.05, 4.69) is 20.9 Å². The highest BCUT2D eigenvalue weighted by molar-refractivity contribution is 9.10. The molecule has 2 atom stereocenters. The molecule has 0 aromatic carbocycles. The minimum atomic E-state index is -0.579. The molecule has 1 saturated heterocycles. The molecule has 0 radical (unpaired) electrons. The van der Waals surface area contributed by atoms with E-state index in [1.807, 2.05) is 6.92 Å². The van der Waals surface area contributed by atoms with Gasteiger partial charge in [0, 0.05) is 19.7 Å². The lowest BCUT2D eigenvalue weighted by atomic mass is 9.99. The largest absolute Gasteiger partial charge is 0.449 e. The van der Waals surface area contributed by atoms with Gasteiger partial charge in [-0.1, -0.05) is 18.5 Å². The van der Waals surface area contributed by atoms with Gasteiger partial charge in [0.2, 0.25) is 5.76 Å². The Morgan fingerprint density at radius 2 is 2.13 bits per heavy atom. The molecule has 0 bridgehead atoms. The molecule has 2 amide bonds. The van der Waals surface area contributed by atoms with Crippen LogP contribution in [0.2, 0.25) is 5.15 Å². The Morgan fingerprint density at radius 1 is 1.39 bits per heavy atom. The van der Waals surface area contributed by atoms with Gasteiger partial charge in [-0.05, 0) is 48.2 Å². The van der Waals surface area contributed by atoms with Crippen LogP contribution in [0.25, 0.3) is 11.0 Å². The maximum atomic E-state index is 13.2. The van der Waals surface area contributed by atoms with E-state index in [4.69, 9.17) is 30.3 Å². The van der Waals surface area contributed by atoms with Crippen molar-refractivity contribution in [2.75, 3.05) is 32.3 Å². The molecule has 9 nitrogen and oxygen atoms in total. The fourth-order valence-corrected chi connectivity index (χ4v) is 4.40. The van der Waals surface area contributed by atoms with Crippen molar-refractivity contribution in [2.24, 2.45) is 0 Å². The van der Waals surface area contributed by atoms with Crippen molar-refractivity contribution in [1.82, 2.24) is 10.0 Å². The van der Waals surface area contributed by atoms with E-state index in [0.717, 1.165) is 11.5 Å². The van der Waals surface area contributed by atoms with E-state index < -0.39 is 12.0 Å². The molecule has 0 N–H and O–H groups in total. The molecule has 170 valence electrons. The van der Waals surface area contributed by atoms with E-state index >= 15 is 0 Å². The van der Waals surface area contributed by atoms with Crippen molar-refractivity contribution in [3.63, 3.8) is 0 Å². The van der Waals surface area contributed by atoms with E-state index in [0.29, 0.717) is 35.0 Å². The molecule has 1 aliphatic rings. The van der Waals surface area contributed by atoms with E-state index in [9.17, 15) is 9.59 Å². The Bertz CT molecular complexity index is 968. The fraction of sp³-hybridized carbons (Fsp3) is 0.550. The van der Waals surface area contributed by atoms with Crippen molar-refractivity contribution in [1.29, 1.82) is 0 Å². The molecule has 2 unspecified atom stereocenters. The third-order valence-corrected chi connectivity index (χ3v) is 5.93. The van der Waals surface area contributed by atoms with Gasteiger partial charge in [0.05, 0.1) is 25.2 Å². The summed E-state index contributed by atoms with van der Waals surface area (Å²) in [5.74, 6) is -0.637. The molecular weight excluding hydrogens is 494 g/mol. The molecule has 0 spiro atoms. The Balaban J connectivity index is 2.25. The molecule has 3 rings (SSSR count). The number of pyridine rings is 1. The Hall–Kier alpha value is -1.88. The molecule has 0 saturated carbocycles. The molecular formula is C20H25BrClN3O6. The van der Waals surface area contributed by atoms with Crippen LogP contribution in [0.15, 0.2) is 15.1 Å². The Morgan fingerprint density at radius 3 is 2.77 bits per heavy atom. The molecule has 0 aliphatic carbocycles. The van der Waals surface area contributed by atoms with Gasteiger partial charge >= 0.3 is 12.0 Å². The summed E-state index contributed by atoms with van der Waals surface area (Å²) in [5, 5.41) is 1.67. The molecule has 2 aromatic heterocycles. The van der Waals surface area contributed by atoms with Crippen LogP contribution in [-0.4, -0.2) is 61.6 Å². The Kier molecular flexibility index (Phi) is 7.79. The average Bonchev–Trinajstić information content (AvgIpc) is 3.12. The standard InChI is InChI=1S/C20H25BrClN3O6/c1-5-12-9-11(7-8-30-12)25(20(27)29-6-2)15-13-10-14(22)23-18(21)16(13)31-17(15)19(26)24(3)28-4/h10-12H,5-9H2,1-4H3. The quantitative estimate of drug-likeness (QED) is 0.400. The highest BCUT2D eigenvalue weighted by Crippen LogP contribution is 2.41. The summed E-state index contributed by atoms with van der Waals surface area (Å²) in [7, 11) is 2.82.